The van der Waals surface area contributed by atoms with E-state index in [-0.39, 0.29) is 0 Å². The fraction of sp³-hybridized carbons (Fsp3) is 0.125. The maximum Gasteiger partial charge on any atom is 0.231 e. The number of fused-ring (bicyclic) bond motifs is 1. The van der Waals surface area contributed by atoms with Crippen molar-refractivity contribution in [2.45, 2.75) is 0 Å². The molecule has 0 spiro atoms. The molecule has 0 saturated heterocycles. The molecule has 3 aromatic carbocycles. The van der Waals surface area contributed by atoms with Gasteiger partial charge in [-0.2, -0.15) is 4.98 Å². The summed E-state index contributed by atoms with van der Waals surface area (Å²) in [6, 6.07) is 18.0. The highest BCUT2D eigenvalue weighted by Crippen LogP contribution is 2.39. The Kier molecular flexibility index (Phi) is 5.66. The van der Waals surface area contributed by atoms with Gasteiger partial charge in [-0.3, -0.25) is 4.79 Å². The number of carbonyl (C=O) groups excluding carboxylic acids is 1. The van der Waals surface area contributed by atoms with Crippen molar-refractivity contribution in [1.82, 2.24) is 9.97 Å². The van der Waals surface area contributed by atoms with Gasteiger partial charge in [-0.15, -0.1) is 0 Å². The minimum absolute atomic E-state index is 0.297. The van der Waals surface area contributed by atoms with Gasteiger partial charge in [-0.1, -0.05) is 30.3 Å². The molecule has 0 unspecified atom stereocenters. The third-order valence-corrected chi connectivity index (χ3v) is 4.73. The second kappa shape index (κ2) is 8.71. The number of ether oxygens (including phenoxy) is 4. The lowest BCUT2D eigenvalue weighted by Gasteiger charge is -2.15. The molecule has 0 aliphatic carbocycles. The molecule has 1 aromatic heterocycles. The van der Waals surface area contributed by atoms with Crippen molar-refractivity contribution < 1.29 is 23.7 Å². The number of benzene rings is 3. The zero-order valence-corrected chi connectivity index (χ0v) is 17.3. The quantitative estimate of drug-likeness (QED) is 0.395. The molecule has 156 valence electrons. The van der Waals surface area contributed by atoms with Crippen LogP contribution in [0.4, 0.5) is 0 Å². The van der Waals surface area contributed by atoms with Crippen LogP contribution in [0.2, 0.25) is 0 Å². The summed E-state index contributed by atoms with van der Waals surface area (Å²) in [4.78, 5) is 20.6. The van der Waals surface area contributed by atoms with Crippen LogP contribution in [-0.2, 0) is 0 Å². The third kappa shape index (κ3) is 3.98. The van der Waals surface area contributed by atoms with Gasteiger partial charge in [0.1, 0.15) is 6.29 Å². The monoisotopic (exact) mass is 416 g/mol. The Morgan fingerprint density at radius 2 is 1.45 bits per heavy atom. The zero-order chi connectivity index (χ0) is 21.8. The van der Waals surface area contributed by atoms with Gasteiger partial charge in [0.05, 0.1) is 32.2 Å². The first kappa shape index (κ1) is 20.2. The summed E-state index contributed by atoms with van der Waals surface area (Å²) in [7, 11) is 4.65. The average molecular weight is 416 g/mol. The van der Waals surface area contributed by atoms with E-state index in [0.717, 1.165) is 11.8 Å². The van der Waals surface area contributed by atoms with E-state index in [0.29, 0.717) is 51.2 Å². The van der Waals surface area contributed by atoms with Crippen LogP contribution in [0.1, 0.15) is 10.4 Å². The lowest BCUT2D eigenvalue weighted by Crippen LogP contribution is -1.99. The van der Waals surface area contributed by atoms with Crippen LogP contribution < -0.4 is 18.9 Å². The molecule has 31 heavy (non-hydrogen) atoms. The Morgan fingerprint density at radius 3 is 2.13 bits per heavy atom. The van der Waals surface area contributed by atoms with Gasteiger partial charge in [0, 0.05) is 17.2 Å². The van der Waals surface area contributed by atoms with Gasteiger partial charge in [-0.05, 0) is 24.3 Å². The Balaban J connectivity index is 1.95. The van der Waals surface area contributed by atoms with E-state index in [4.69, 9.17) is 23.9 Å². The molecule has 0 atom stereocenters. The zero-order valence-electron chi connectivity index (χ0n) is 17.3. The van der Waals surface area contributed by atoms with Gasteiger partial charge in [0.25, 0.3) is 0 Å². The van der Waals surface area contributed by atoms with Crippen molar-refractivity contribution in [3.05, 3.63) is 66.2 Å². The van der Waals surface area contributed by atoms with E-state index in [1.165, 1.54) is 7.11 Å². The molecular weight excluding hydrogens is 396 g/mol. The maximum absolute atomic E-state index is 11.3. The molecule has 0 bridgehead atoms. The first-order valence-electron chi connectivity index (χ1n) is 9.47. The van der Waals surface area contributed by atoms with Crippen molar-refractivity contribution in [3.63, 3.8) is 0 Å². The van der Waals surface area contributed by atoms with Gasteiger partial charge in [0.2, 0.25) is 5.88 Å². The molecule has 0 amide bonds. The molecule has 0 aliphatic heterocycles. The fourth-order valence-electron chi connectivity index (χ4n) is 3.17. The molecule has 0 fully saturated rings. The highest BCUT2D eigenvalue weighted by Gasteiger charge is 2.17. The third-order valence-electron chi connectivity index (χ3n) is 4.73. The van der Waals surface area contributed by atoms with Crippen LogP contribution in [0.3, 0.4) is 0 Å². The number of hydrogen-bond acceptors (Lipinski definition) is 7. The number of aldehydes is 1. The van der Waals surface area contributed by atoms with Crippen LogP contribution in [0.5, 0.6) is 28.9 Å². The Labute approximate surface area is 179 Å². The van der Waals surface area contributed by atoms with E-state index in [1.807, 2.05) is 30.3 Å². The summed E-state index contributed by atoms with van der Waals surface area (Å²) in [5.41, 5.74) is 1.90. The van der Waals surface area contributed by atoms with Crippen LogP contribution in [0, 0.1) is 0 Å². The number of nitrogens with zero attached hydrogens (tertiary/aromatic N) is 2. The lowest BCUT2D eigenvalue weighted by molar-refractivity contribution is 0.112. The minimum Gasteiger partial charge on any atom is -0.493 e. The molecule has 7 nitrogen and oxygen atoms in total. The van der Waals surface area contributed by atoms with Gasteiger partial charge >= 0.3 is 0 Å². The highest BCUT2D eigenvalue weighted by atomic mass is 16.5. The number of rotatable bonds is 7. The first-order chi connectivity index (χ1) is 15.2. The minimum atomic E-state index is 0.297. The predicted molar refractivity (Wildman–Crippen MR) is 117 cm³/mol. The van der Waals surface area contributed by atoms with E-state index in [2.05, 4.69) is 4.98 Å². The van der Waals surface area contributed by atoms with Gasteiger partial charge in [0.15, 0.2) is 28.8 Å². The summed E-state index contributed by atoms with van der Waals surface area (Å²) < 4.78 is 22.4. The fourth-order valence-corrected chi connectivity index (χ4v) is 3.17. The SMILES string of the molecule is COc1cc2nc(-c3ccccc3)nc(Oc3cc(C=O)ccc3OC)c2cc1OC. The number of methoxy groups -OCH3 is 3. The second-order valence-corrected chi connectivity index (χ2v) is 6.57. The average Bonchev–Trinajstić information content (AvgIpc) is 2.83. The molecular formula is C24H20N2O5. The Morgan fingerprint density at radius 1 is 0.742 bits per heavy atom. The van der Waals surface area contributed by atoms with Crippen LogP contribution in [-0.4, -0.2) is 37.6 Å². The topological polar surface area (TPSA) is 79.8 Å². The summed E-state index contributed by atoms with van der Waals surface area (Å²) in [6.07, 6.45) is 0.744. The van der Waals surface area contributed by atoms with Crippen molar-refractivity contribution in [2.75, 3.05) is 21.3 Å². The van der Waals surface area contributed by atoms with Crippen LogP contribution in [0.25, 0.3) is 22.3 Å². The highest BCUT2D eigenvalue weighted by molar-refractivity contribution is 5.89. The molecule has 4 rings (SSSR count). The summed E-state index contributed by atoms with van der Waals surface area (Å²) in [6.45, 7) is 0. The van der Waals surface area contributed by atoms with E-state index in [9.17, 15) is 4.79 Å². The van der Waals surface area contributed by atoms with E-state index >= 15 is 0 Å². The normalized spacial score (nSPS) is 10.5. The van der Waals surface area contributed by atoms with Crippen molar-refractivity contribution in [2.24, 2.45) is 0 Å². The van der Waals surface area contributed by atoms with Crippen molar-refractivity contribution >= 4 is 17.2 Å². The van der Waals surface area contributed by atoms with E-state index in [1.54, 1.807) is 44.6 Å². The summed E-state index contributed by atoms with van der Waals surface area (Å²) in [5.74, 6) is 2.68. The predicted octanol–water partition coefficient (Wildman–Crippen LogP) is 4.93. The lowest BCUT2D eigenvalue weighted by atomic mass is 10.1. The van der Waals surface area contributed by atoms with Crippen molar-refractivity contribution in [3.8, 4) is 40.3 Å². The van der Waals surface area contributed by atoms with Crippen LogP contribution >= 0.6 is 0 Å². The molecule has 7 heteroatoms. The second-order valence-electron chi connectivity index (χ2n) is 6.57. The molecule has 0 N–H and O–H groups in total. The standard InChI is InChI=1S/C24H20N2O5/c1-28-19-10-9-15(14-27)11-22(19)31-24-17-12-20(29-2)21(30-3)13-18(17)25-23(26-24)16-7-5-4-6-8-16/h4-14H,1-3H3. The number of carbonyl (C=O) groups is 1. The van der Waals surface area contributed by atoms with Gasteiger partial charge < -0.3 is 18.9 Å². The Hall–Kier alpha value is -4.13. The van der Waals surface area contributed by atoms with Gasteiger partial charge in [-0.25, -0.2) is 4.98 Å². The molecule has 0 saturated carbocycles. The largest absolute Gasteiger partial charge is 0.493 e. The first-order valence-corrected chi connectivity index (χ1v) is 9.47. The number of aromatic nitrogens is 2. The maximum atomic E-state index is 11.3. The molecule has 0 radical (unpaired) electrons. The Bertz CT molecular complexity index is 1240. The molecule has 0 aliphatic rings. The van der Waals surface area contributed by atoms with E-state index < -0.39 is 0 Å². The van der Waals surface area contributed by atoms with Crippen LogP contribution in [0.15, 0.2) is 60.7 Å². The smallest absolute Gasteiger partial charge is 0.231 e. The summed E-state index contributed by atoms with van der Waals surface area (Å²) in [5, 5.41) is 0.621. The molecule has 4 aromatic rings. The van der Waals surface area contributed by atoms with Crippen molar-refractivity contribution in [1.29, 1.82) is 0 Å². The number of hydrogen-bond donors (Lipinski definition) is 0. The summed E-state index contributed by atoms with van der Waals surface area (Å²) >= 11 is 0. The molecule has 1 heterocycles.